The van der Waals surface area contributed by atoms with Gasteiger partial charge >= 0.3 is 0 Å². The number of rotatable bonds is 6. The van der Waals surface area contributed by atoms with Gasteiger partial charge in [0, 0.05) is 29.7 Å². The van der Waals surface area contributed by atoms with Crippen LogP contribution in [0.5, 0.6) is 0 Å². The molecule has 2 rings (SSSR count). The number of carbonyl (C=O) groups is 1. The largest absolute Gasteiger partial charge is 0.399 e. The molecule has 0 aliphatic heterocycles. The van der Waals surface area contributed by atoms with Gasteiger partial charge in [0.1, 0.15) is 5.69 Å². The van der Waals surface area contributed by atoms with E-state index in [1.54, 1.807) is 12.1 Å². The standard InChI is InChI=1S/C15H21N3O2/c1-10(9-19)3-2-6-17-15(20)14-8-11-7-12(16)4-5-13(11)18-14/h4-5,7-8,10,18-19H,2-3,6,9,16H2,1H3,(H,17,20). The van der Waals surface area contributed by atoms with Gasteiger partial charge in [0.15, 0.2) is 0 Å². The number of anilines is 1. The van der Waals surface area contributed by atoms with Gasteiger partial charge in [-0.15, -0.1) is 0 Å². The van der Waals surface area contributed by atoms with E-state index < -0.39 is 0 Å². The topological polar surface area (TPSA) is 91.1 Å². The van der Waals surface area contributed by atoms with Crippen LogP contribution in [0.3, 0.4) is 0 Å². The molecule has 2 aromatic rings. The molecule has 1 amide bonds. The normalized spacial score (nSPS) is 12.5. The summed E-state index contributed by atoms with van der Waals surface area (Å²) in [7, 11) is 0. The highest BCUT2D eigenvalue weighted by Crippen LogP contribution is 2.18. The fourth-order valence-corrected chi connectivity index (χ4v) is 2.11. The first-order chi connectivity index (χ1) is 9.60. The summed E-state index contributed by atoms with van der Waals surface area (Å²) in [5, 5.41) is 12.7. The monoisotopic (exact) mass is 275 g/mol. The molecule has 1 aromatic carbocycles. The number of aliphatic hydroxyl groups excluding tert-OH is 1. The second-order valence-electron chi connectivity index (χ2n) is 5.22. The van der Waals surface area contributed by atoms with Crippen molar-refractivity contribution < 1.29 is 9.90 Å². The predicted octanol–water partition coefficient (Wildman–Crippen LogP) is 1.89. The zero-order valence-corrected chi connectivity index (χ0v) is 11.6. The molecule has 0 fully saturated rings. The number of aliphatic hydroxyl groups is 1. The van der Waals surface area contributed by atoms with Gasteiger partial charge in [0.05, 0.1) is 0 Å². The third kappa shape index (κ3) is 3.51. The van der Waals surface area contributed by atoms with Gasteiger partial charge < -0.3 is 21.1 Å². The van der Waals surface area contributed by atoms with Crippen LogP contribution in [-0.2, 0) is 0 Å². The Labute approximate surface area is 118 Å². The average Bonchev–Trinajstić information content (AvgIpc) is 2.86. The highest BCUT2D eigenvalue weighted by Gasteiger charge is 2.09. The van der Waals surface area contributed by atoms with Crippen molar-refractivity contribution in [1.29, 1.82) is 0 Å². The molecule has 5 nitrogen and oxygen atoms in total. The number of hydrogen-bond donors (Lipinski definition) is 4. The van der Waals surface area contributed by atoms with Gasteiger partial charge in [-0.05, 0) is 43.0 Å². The molecule has 5 N–H and O–H groups in total. The highest BCUT2D eigenvalue weighted by atomic mass is 16.3. The number of nitrogens with two attached hydrogens (primary N) is 1. The lowest BCUT2D eigenvalue weighted by molar-refractivity contribution is 0.0948. The maximum Gasteiger partial charge on any atom is 0.267 e. The lowest BCUT2D eigenvalue weighted by atomic mass is 10.1. The third-order valence-corrected chi connectivity index (χ3v) is 3.36. The lowest BCUT2D eigenvalue weighted by Gasteiger charge is -2.07. The predicted molar refractivity (Wildman–Crippen MR) is 80.5 cm³/mol. The minimum atomic E-state index is -0.114. The number of aromatic nitrogens is 1. The molecule has 0 radical (unpaired) electrons. The summed E-state index contributed by atoms with van der Waals surface area (Å²) in [6.45, 7) is 2.79. The molecule has 0 spiro atoms. The Morgan fingerprint density at radius 3 is 3.00 bits per heavy atom. The molecule has 5 heteroatoms. The quantitative estimate of drug-likeness (QED) is 0.479. The number of nitrogen functional groups attached to an aromatic ring is 1. The van der Waals surface area contributed by atoms with Gasteiger partial charge in [-0.3, -0.25) is 4.79 Å². The van der Waals surface area contributed by atoms with E-state index in [9.17, 15) is 4.79 Å². The fraction of sp³-hybridized carbons (Fsp3) is 0.400. The van der Waals surface area contributed by atoms with E-state index in [1.807, 2.05) is 19.1 Å². The summed E-state index contributed by atoms with van der Waals surface area (Å²) in [6, 6.07) is 7.31. The first-order valence-electron chi connectivity index (χ1n) is 6.87. The number of carbonyl (C=O) groups excluding carboxylic acids is 1. The maximum absolute atomic E-state index is 12.0. The van der Waals surface area contributed by atoms with Crippen molar-refractivity contribution >= 4 is 22.5 Å². The minimum absolute atomic E-state index is 0.114. The summed E-state index contributed by atoms with van der Waals surface area (Å²) in [5.41, 5.74) is 7.84. The Bertz CT molecular complexity index is 592. The number of hydrogen-bond acceptors (Lipinski definition) is 3. The molecule has 0 aliphatic rings. The Hall–Kier alpha value is -2.01. The van der Waals surface area contributed by atoms with Crippen molar-refractivity contribution in [1.82, 2.24) is 10.3 Å². The molecule has 1 heterocycles. The van der Waals surface area contributed by atoms with Crippen LogP contribution in [0.4, 0.5) is 5.69 Å². The third-order valence-electron chi connectivity index (χ3n) is 3.36. The fourth-order valence-electron chi connectivity index (χ4n) is 2.11. The number of amides is 1. The van der Waals surface area contributed by atoms with E-state index >= 15 is 0 Å². The second kappa shape index (κ2) is 6.43. The Morgan fingerprint density at radius 2 is 2.25 bits per heavy atom. The van der Waals surface area contributed by atoms with Crippen LogP contribution >= 0.6 is 0 Å². The van der Waals surface area contributed by atoms with Crippen LogP contribution in [-0.4, -0.2) is 29.1 Å². The molecule has 1 aromatic heterocycles. The lowest BCUT2D eigenvalue weighted by Crippen LogP contribution is -2.25. The van der Waals surface area contributed by atoms with Crippen molar-refractivity contribution in [2.24, 2.45) is 5.92 Å². The van der Waals surface area contributed by atoms with E-state index in [-0.39, 0.29) is 18.4 Å². The van der Waals surface area contributed by atoms with Crippen molar-refractivity contribution in [3.63, 3.8) is 0 Å². The molecular weight excluding hydrogens is 254 g/mol. The number of aromatic amines is 1. The van der Waals surface area contributed by atoms with Crippen molar-refractivity contribution in [2.45, 2.75) is 19.8 Å². The van der Waals surface area contributed by atoms with Gasteiger partial charge in [0.25, 0.3) is 5.91 Å². The molecule has 108 valence electrons. The van der Waals surface area contributed by atoms with Crippen LogP contribution < -0.4 is 11.1 Å². The first-order valence-corrected chi connectivity index (χ1v) is 6.87. The highest BCUT2D eigenvalue weighted by molar-refractivity contribution is 5.98. The molecule has 0 saturated heterocycles. The van der Waals surface area contributed by atoms with Crippen LogP contribution in [0.15, 0.2) is 24.3 Å². The molecule has 0 aliphatic carbocycles. The summed E-state index contributed by atoms with van der Waals surface area (Å²) in [6.07, 6.45) is 1.76. The molecule has 0 saturated carbocycles. The van der Waals surface area contributed by atoms with E-state index in [0.717, 1.165) is 23.7 Å². The number of fused-ring (bicyclic) bond motifs is 1. The van der Waals surface area contributed by atoms with Gasteiger partial charge in [0.2, 0.25) is 0 Å². The molecule has 1 atom stereocenters. The second-order valence-corrected chi connectivity index (χ2v) is 5.22. The molecule has 1 unspecified atom stereocenters. The maximum atomic E-state index is 12.0. The van der Waals surface area contributed by atoms with Crippen molar-refractivity contribution in [3.8, 4) is 0 Å². The van der Waals surface area contributed by atoms with Gasteiger partial charge in [-0.25, -0.2) is 0 Å². The Kier molecular flexibility index (Phi) is 4.63. The zero-order chi connectivity index (χ0) is 14.5. The molecule has 20 heavy (non-hydrogen) atoms. The van der Waals surface area contributed by atoms with E-state index in [2.05, 4.69) is 10.3 Å². The average molecular weight is 275 g/mol. The zero-order valence-electron chi connectivity index (χ0n) is 11.6. The smallest absolute Gasteiger partial charge is 0.267 e. The molecule has 0 bridgehead atoms. The van der Waals surface area contributed by atoms with Gasteiger partial charge in [-0.2, -0.15) is 0 Å². The van der Waals surface area contributed by atoms with Crippen LogP contribution in [0.25, 0.3) is 10.9 Å². The molecular formula is C15H21N3O2. The number of H-pyrrole nitrogens is 1. The number of nitrogens with one attached hydrogen (secondary N) is 2. The van der Waals surface area contributed by atoms with Crippen LogP contribution in [0.1, 0.15) is 30.3 Å². The number of benzene rings is 1. The van der Waals surface area contributed by atoms with E-state index in [4.69, 9.17) is 10.8 Å². The summed E-state index contributed by atoms with van der Waals surface area (Å²) < 4.78 is 0. The van der Waals surface area contributed by atoms with Crippen LogP contribution in [0, 0.1) is 5.92 Å². The minimum Gasteiger partial charge on any atom is -0.399 e. The Balaban J connectivity index is 1.91. The van der Waals surface area contributed by atoms with Crippen molar-refractivity contribution in [2.75, 3.05) is 18.9 Å². The summed E-state index contributed by atoms with van der Waals surface area (Å²) in [4.78, 5) is 15.1. The Morgan fingerprint density at radius 1 is 1.45 bits per heavy atom. The van der Waals surface area contributed by atoms with E-state index in [0.29, 0.717) is 17.9 Å². The summed E-state index contributed by atoms with van der Waals surface area (Å²) >= 11 is 0. The SMILES string of the molecule is CC(CO)CCCNC(=O)c1cc2cc(N)ccc2[nH]1. The van der Waals surface area contributed by atoms with Crippen LogP contribution in [0.2, 0.25) is 0 Å². The van der Waals surface area contributed by atoms with Crippen molar-refractivity contribution in [3.05, 3.63) is 30.0 Å². The first kappa shape index (κ1) is 14.4. The van der Waals surface area contributed by atoms with Gasteiger partial charge in [-0.1, -0.05) is 6.92 Å². The van der Waals surface area contributed by atoms with E-state index in [1.165, 1.54) is 0 Å². The summed E-state index contributed by atoms with van der Waals surface area (Å²) in [5.74, 6) is 0.166.